The highest BCUT2D eigenvalue weighted by Gasteiger charge is 2.41. The van der Waals surface area contributed by atoms with Crippen molar-refractivity contribution in [1.29, 1.82) is 0 Å². The highest BCUT2D eigenvalue weighted by Crippen LogP contribution is 2.44. The molecule has 11 heavy (non-hydrogen) atoms. The maximum Gasteiger partial charge on any atom is 0.481 e. The van der Waals surface area contributed by atoms with Crippen molar-refractivity contribution in [2.24, 2.45) is 11.7 Å². The van der Waals surface area contributed by atoms with Gasteiger partial charge in [-0.15, -0.1) is 0 Å². The Kier molecular flexibility index (Phi) is 2.47. The molecule has 5 heteroatoms. The molecule has 1 saturated carbocycles. The quantitative estimate of drug-likeness (QED) is 0.623. The Morgan fingerprint density at radius 1 is 1.27 bits per heavy atom. The molecule has 1 rings (SSSR count). The van der Waals surface area contributed by atoms with Gasteiger partial charge < -0.3 is 18.7 Å². The van der Waals surface area contributed by atoms with Gasteiger partial charge in [-0.05, 0) is 12.5 Å². The average molecular weight is 166 g/mol. The van der Waals surface area contributed by atoms with Gasteiger partial charge in [0.25, 0.3) is 0 Å². The third kappa shape index (κ3) is 1.89. The van der Waals surface area contributed by atoms with E-state index >= 15 is 0 Å². The lowest BCUT2D eigenvalue weighted by molar-refractivity contribution is 0.393. The van der Waals surface area contributed by atoms with Crippen molar-refractivity contribution in [2.45, 2.75) is 25.1 Å². The van der Waals surface area contributed by atoms with E-state index in [0.717, 1.165) is 0 Å². The molecule has 1 aliphatic carbocycles. The number of hydrogen-bond acceptors (Lipinski definition) is 1. The van der Waals surface area contributed by atoms with Crippen LogP contribution in [0, 0.1) is 5.92 Å². The Balaban J connectivity index is 2.57. The van der Waals surface area contributed by atoms with Crippen molar-refractivity contribution >= 4 is 6.98 Å². The van der Waals surface area contributed by atoms with Crippen LogP contribution in [0.1, 0.15) is 19.3 Å². The Morgan fingerprint density at radius 3 is 2.27 bits per heavy atom. The molecule has 0 bridgehead atoms. The molecule has 0 heterocycles. The number of hydrogen-bond donors (Lipinski definition) is 1. The standard InChI is InChI=1S/C6H12BF3N/c8-7(9,10)6-3-1-2-5(6)4-11/h5-6H,1-4,11H2/q-1/t5-,6-/m0/s1. The van der Waals surface area contributed by atoms with Gasteiger partial charge in [0.2, 0.25) is 0 Å². The normalized spacial score (nSPS) is 32.7. The highest BCUT2D eigenvalue weighted by atomic mass is 19.4. The van der Waals surface area contributed by atoms with Gasteiger partial charge in [-0.25, -0.2) is 0 Å². The molecule has 0 saturated heterocycles. The van der Waals surface area contributed by atoms with Crippen LogP contribution in [0.4, 0.5) is 12.9 Å². The first-order valence-corrected chi connectivity index (χ1v) is 3.95. The molecule has 0 radical (unpaired) electrons. The fourth-order valence-corrected chi connectivity index (χ4v) is 1.86. The van der Waals surface area contributed by atoms with Crippen LogP contribution in [-0.2, 0) is 0 Å². The van der Waals surface area contributed by atoms with Crippen LogP contribution in [0.25, 0.3) is 0 Å². The Labute approximate surface area is 64.2 Å². The summed E-state index contributed by atoms with van der Waals surface area (Å²) in [6.07, 6.45) is 1.64. The molecule has 0 aromatic carbocycles. The smallest absolute Gasteiger partial charge is 0.449 e. The zero-order chi connectivity index (χ0) is 8.48. The van der Waals surface area contributed by atoms with Gasteiger partial charge in [-0.2, -0.15) is 0 Å². The van der Waals surface area contributed by atoms with E-state index in [-0.39, 0.29) is 12.5 Å². The number of nitrogens with two attached hydrogens (primary N) is 1. The van der Waals surface area contributed by atoms with E-state index in [1.54, 1.807) is 0 Å². The first-order valence-electron chi connectivity index (χ1n) is 3.95. The third-order valence-corrected chi connectivity index (χ3v) is 2.51. The van der Waals surface area contributed by atoms with Crippen LogP contribution in [0.15, 0.2) is 0 Å². The summed E-state index contributed by atoms with van der Waals surface area (Å²) in [6, 6.07) is 0. The van der Waals surface area contributed by atoms with Crippen molar-refractivity contribution in [3.63, 3.8) is 0 Å². The van der Waals surface area contributed by atoms with E-state index < -0.39 is 12.8 Å². The van der Waals surface area contributed by atoms with Gasteiger partial charge >= 0.3 is 6.98 Å². The van der Waals surface area contributed by atoms with Gasteiger partial charge in [-0.1, -0.05) is 25.1 Å². The maximum atomic E-state index is 12.2. The minimum atomic E-state index is -4.64. The Bertz CT molecular complexity index is 136. The first kappa shape index (κ1) is 8.91. The molecule has 1 fully saturated rings. The van der Waals surface area contributed by atoms with Gasteiger partial charge in [-0.3, -0.25) is 0 Å². The monoisotopic (exact) mass is 166 g/mol. The second-order valence-electron chi connectivity index (χ2n) is 3.22. The van der Waals surface area contributed by atoms with E-state index in [9.17, 15) is 12.9 Å². The average Bonchev–Trinajstić information content (AvgIpc) is 2.31. The van der Waals surface area contributed by atoms with Crippen molar-refractivity contribution in [2.75, 3.05) is 6.54 Å². The molecular formula is C6H12BF3N-. The van der Waals surface area contributed by atoms with E-state index in [1.165, 1.54) is 0 Å². The zero-order valence-electron chi connectivity index (χ0n) is 6.27. The lowest BCUT2D eigenvalue weighted by Gasteiger charge is -2.27. The van der Waals surface area contributed by atoms with Crippen LogP contribution >= 0.6 is 0 Å². The van der Waals surface area contributed by atoms with Crippen LogP contribution in [0.3, 0.4) is 0 Å². The number of halogens is 3. The maximum absolute atomic E-state index is 12.2. The molecule has 0 unspecified atom stereocenters. The molecule has 66 valence electrons. The lowest BCUT2D eigenvalue weighted by atomic mass is 9.67. The van der Waals surface area contributed by atoms with Gasteiger partial charge in [0.15, 0.2) is 0 Å². The molecule has 0 aromatic rings. The number of rotatable bonds is 2. The van der Waals surface area contributed by atoms with E-state index in [2.05, 4.69) is 0 Å². The lowest BCUT2D eigenvalue weighted by Crippen LogP contribution is -2.30. The summed E-state index contributed by atoms with van der Waals surface area (Å²) in [5.41, 5.74) is 5.23. The molecule has 0 amide bonds. The molecule has 1 nitrogen and oxygen atoms in total. The van der Waals surface area contributed by atoms with E-state index in [4.69, 9.17) is 5.73 Å². The second-order valence-corrected chi connectivity index (χ2v) is 3.22. The minimum absolute atomic E-state index is 0.186. The molecular weight excluding hydrogens is 154 g/mol. The fourth-order valence-electron chi connectivity index (χ4n) is 1.86. The van der Waals surface area contributed by atoms with Crippen molar-refractivity contribution in [1.82, 2.24) is 0 Å². The van der Waals surface area contributed by atoms with Gasteiger partial charge in [0.1, 0.15) is 0 Å². The SMILES string of the molecule is NC[C@@H]1CCC[C@@H]1[B-](F)(F)F. The first-order chi connectivity index (χ1) is 5.05. The molecule has 2 N–H and O–H groups in total. The third-order valence-electron chi connectivity index (χ3n) is 2.51. The summed E-state index contributed by atoms with van der Waals surface area (Å²) in [5, 5.41) is 0. The molecule has 0 aliphatic heterocycles. The largest absolute Gasteiger partial charge is 0.481 e. The summed E-state index contributed by atoms with van der Waals surface area (Å²) < 4.78 is 36.6. The second kappa shape index (κ2) is 3.05. The van der Waals surface area contributed by atoms with E-state index in [0.29, 0.717) is 19.3 Å². The fraction of sp³-hybridized carbons (Fsp3) is 1.00. The predicted molar refractivity (Wildman–Crippen MR) is 39.2 cm³/mol. The topological polar surface area (TPSA) is 26.0 Å². The Hall–Kier alpha value is -0.185. The molecule has 1 aliphatic rings. The van der Waals surface area contributed by atoms with Crippen molar-refractivity contribution in [3.8, 4) is 0 Å². The van der Waals surface area contributed by atoms with E-state index in [1.807, 2.05) is 0 Å². The van der Waals surface area contributed by atoms with Crippen LogP contribution in [0.2, 0.25) is 5.82 Å². The predicted octanol–water partition coefficient (Wildman–Crippen LogP) is 1.96. The Morgan fingerprint density at radius 2 is 1.91 bits per heavy atom. The van der Waals surface area contributed by atoms with Crippen LogP contribution in [-0.4, -0.2) is 13.5 Å². The zero-order valence-corrected chi connectivity index (χ0v) is 6.27. The minimum Gasteiger partial charge on any atom is -0.449 e. The molecule has 0 aromatic heterocycles. The summed E-state index contributed by atoms with van der Waals surface area (Å²) in [6.45, 7) is -4.45. The van der Waals surface area contributed by atoms with Crippen molar-refractivity contribution in [3.05, 3.63) is 0 Å². The summed E-state index contributed by atoms with van der Waals surface area (Å²) in [5.74, 6) is -1.37. The van der Waals surface area contributed by atoms with Crippen LogP contribution in [0.5, 0.6) is 0 Å². The summed E-state index contributed by atoms with van der Waals surface area (Å²) in [4.78, 5) is 0. The van der Waals surface area contributed by atoms with Crippen LogP contribution < -0.4 is 5.73 Å². The van der Waals surface area contributed by atoms with Gasteiger partial charge in [0, 0.05) is 0 Å². The van der Waals surface area contributed by atoms with Gasteiger partial charge in [0.05, 0.1) is 0 Å². The summed E-state index contributed by atoms with van der Waals surface area (Å²) >= 11 is 0. The molecule has 0 spiro atoms. The molecule has 2 atom stereocenters. The van der Waals surface area contributed by atoms with Crippen molar-refractivity contribution < 1.29 is 12.9 Å². The highest BCUT2D eigenvalue weighted by molar-refractivity contribution is 6.60. The summed E-state index contributed by atoms with van der Waals surface area (Å²) in [7, 11) is 0.